The third-order valence-corrected chi connectivity index (χ3v) is 2.78. The summed E-state index contributed by atoms with van der Waals surface area (Å²) in [6.07, 6.45) is 0. The van der Waals surface area contributed by atoms with E-state index in [4.69, 9.17) is 0 Å². The lowest BCUT2D eigenvalue weighted by atomic mass is 10.1. The normalized spacial score (nSPS) is 10.7. The minimum atomic E-state index is 0.355. The van der Waals surface area contributed by atoms with Crippen LogP contribution in [0.25, 0.3) is 21.8 Å². The summed E-state index contributed by atoms with van der Waals surface area (Å²) in [5.74, 6) is 0. The minimum Gasteiger partial charge on any atom is -0.248 e. The van der Waals surface area contributed by atoms with Gasteiger partial charge in [-0.2, -0.15) is 0 Å². The molecule has 3 aromatic rings. The zero-order chi connectivity index (χ0) is 12.5. The van der Waals surface area contributed by atoms with Crippen LogP contribution in [0.4, 0.5) is 11.4 Å². The van der Waals surface area contributed by atoms with E-state index in [1.54, 1.807) is 36.4 Å². The van der Waals surface area contributed by atoms with E-state index in [2.05, 4.69) is 15.3 Å². The molecule has 0 spiro atoms. The molecule has 0 amide bonds. The van der Waals surface area contributed by atoms with Crippen LogP contribution in [0.3, 0.4) is 0 Å². The first kappa shape index (κ1) is 10.5. The van der Waals surface area contributed by atoms with Crippen molar-refractivity contribution in [3.05, 3.63) is 52.3 Å². The van der Waals surface area contributed by atoms with Gasteiger partial charge in [-0.15, -0.1) is 9.81 Å². The van der Waals surface area contributed by atoms with Crippen molar-refractivity contribution in [2.45, 2.75) is 0 Å². The first-order chi connectivity index (χ1) is 8.80. The molecule has 0 aliphatic heterocycles. The van der Waals surface area contributed by atoms with Crippen LogP contribution in [0.15, 0.2) is 52.8 Å². The summed E-state index contributed by atoms with van der Waals surface area (Å²) < 4.78 is 0. The molecule has 0 radical (unpaired) electrons. The molecule has 18 heavy (non-hydrogen) atoms. The van der Waals surface area contributed by atoms with E-state index in [1.165, 1.54) is 0 Å². The molecule has 0 aliphatic rings. The molecule has 86 valence electrons. The van der Waals surface area contributed by atoms with Crippen molar-refractivity contribution < 1.29 is 0 Å². The van der Waals surface area contributed by atoms with Crippen molar-refractivity contribution in [3.8, 4) is 0 Å². The Bertz CT molecular complexity index is 721. The number of hydrogen-bond acceptors (Lipinski definition) is 5. The second-order valence-corrected chi connectivity index (χ2v) is 3.92. The smallest absolute Gasteiger partial charge is 0.108 e. The van der Waals surface area contributed by atoms with Gasteiger partial charge in [-0.05, 0) is 52.8 Å². The van der Waals surface area contributed by atoms with Crippen molar-refractivity contribution >= 4 is 33.2 Å². The lowest BCUT2D eigenvalue weighted by Gasteiger charge is -2.02. The Morgan fingerprint density at radius 3 is 1.67 bits per heavy atom. The molecule has 1 aromatic heterocycles. The Labute approximate surface area is 101 Å². The van der Waals surface area contributed by atoms with E-state index in [0.29, 0.717) is 11.4 Å². The van der Waals surface area contributed by atoms with E-state index in [9.17, 15) is 9.81 Å². The molecule has 0 fully saturated rings. The first-order valence-corrected chi connectivity index (χ1v) is 5.31. The number of nitroso groups, excluding NO2 is 2. The minimum absolute atomic E-state index is 0.355. The van der Waals surface area contributed by atoms with Crippen LogP contribution in [-0.4, -0.2) is 4.98 Å². The van der Waals surface area contributed by atoms with Gasteiger partial charge < -0.3 is 0 Å². The number of pyridine rings is 1. The summed E-state index contributed by atoms with van der Waals surface area (Å²) >= 11 is 0. The van der Waals surface area contributed by atoms with Crippen molar-refractivity contribution in [3.63, 3.8) is 0 Å². The van der Waals surface area contributed by atoms with E-state index in [0.717, 1.165) is 21.8 Å². The number of fused-ring (bicyclic) bond motifs is 2. The number of aromatic nitrogens is 1. The van der Waals surface area contributed by atoms with Crippen LogP contribution in [0.5, 0.6) is 0 Å². The molecule has 0 saturated heterocycles. The molecule has 0 atom stereocenters. The molecule has 0 unspecified atom stereocenters. The monoisotopic (exact) mass is 237 g/mol. The summed E-state index contributed by atoms with van der Waals surface area (Å²) in [5.41, 5.74) is 2.27. The maximum atomic E-state index is 10.5. The molecular formula is C13H7N3O2. The van der Waals surface area contributed by atoms with Gasteiger partial charge in [-0.25, -0.2) is 4.98 Å². The molecular weight excluding hydrogens is 230 g/mol. The van der Waals surface area contributed by atoms with Crippen LogP contribution < -0.4 is 0 Å². The fourth-order valence-electron chi connectivity index (χ4n) is 1.93. The molecule has 0 bridgehead atoms. The largest absolute Gasteiger partial charge is 0.248 e. The first-order valence-electron chi connectivity index (χ1n) is 5.31. The average Bonchev–Trinajstić information content (AvgIpc) is 2.43. The van der Waals surface area contributed by atoms with E-state index < -0.39 is 0 Å². The highest BCUT2D eigenvalue weighted by Gasteiger charge is 2.03. The van der Waals surface area contributed by atoms with Crippen molar-refractivity contribution in [1.29, 1.82) is 0 Å². The Morgan fingerprint density at radius 1 is 0.722 bits per heavy atom. The number of nitrogens with zero attached hydrogens (tertiary/aromatic N) is 3. The predicted octanol–water partition coefficient (Wildman–Crippen LogP) is 4.18. The van der Waals surface area contributed by atoms with Crippen LogP contribution in [0.2, 0.25) is 0 Å². The van der Waals surface area contributed by atoms with Gasteiger partial charge in [0.25, 0.3) is 0 Å². The molecule has 1 heterocycles. The highest BCUT2D eigenvalue weighted by Crippen LogP contribution is 2.26. The van der Waals surface area contributed by atoms with Gasteiger partial charge in [0, 0.05) is 10.8 Å². The molecule has 0 N–H and O–H groups in total. The average molecular weight is 237 g/mol. The van der Waals surface area contributed by atoms with Crippen LogP contribution in [0, 0.1) is 9.81 Å². The lowest BCUT2D eigenvalue weighted by Crippen LogP contribution is -1.82. The maximum absolute atomic E-state index is 10.5. The molecule has 0 saturated carbocycles. The van der Waals surface area contributed by atoms with E-state index in [-0.39, 0.29) is 0 Å². The third kappa shape index (κ3) is 1.62. The van der Waals surface area contributed by atoms with Gasteiger partial charge in [-0.1, -0.05) is 0 Å². The van der Waals surface area contributed by atoms with Gasteiger partial charge >= 0.3 is 0 Å². The number of benzene rings is 2. The van der Waals surface area contributed by atoms with Crippen LogP contribution >= 0.6 is 0 Å². The Morgan fingerprint density at radius 2 is 1.22 bits per heavy atom. The highest BCUT2D eigenvalue weighted by atomic mass is 16.3. The fraction of sp³-hybridized carbons (Fsp3) is 0. The number of hydrogen-bond donors (Lipinski definition) is 0. The summed E-state index contributed by atoms with van der Waals surface area (Å²) in [7, 11) is 0. The Hall–Kier alpha value is -2.69. The summed E-state index contributed by atoms with van der Waals surface area (Å²) in [6.45, 7) is 0. The lowest BCUT2D eigenvalue weighted by molar-refractivity contribution is 1.45. The molecule has 5 heteroatoms. The van der Waals surface area contributed by atoms with Crippen molar-refractivity contribution in [2.75, 3.05) is 0 Å². The SMILES string of the molecule is O=Nc1ccc2nc3ccc(N=O)cc3cc2c1. The predicted molar refractivity (Wildman–Crippen MR) is 70.2 cm³/mol. The standard InChI is InChI=1S/C13H7N3O2/c17-15-10-1-3-12-8(6-10)5-9-7-11(16-18)2-4-13(9)14-12/h1-7H. The van der Waals surface area contributed by atoms with Gasteiger partial charge in [0.2, 0.25) is 0 Å². The second-order valence-electron chi connectivity index (χ2n) is 3.92. The third-order valence-electron chi connectivity index (χ3n) is 2.78. The molecule has 2 aromatic carbocycles. The molecule has 5 nitrogen and oxygen atoms in total. The van der Waals surface area contributed by atoms with E-state index >= 15 is 0 Å². The Kier molecular flexibility index (Phi) is 2.30. The van der Waals surface area contributed by atoms with Gasteiger partial charge in [0.15, 0.2) is 0 Å². The summed E-state index contributed by atoms with van der Waals surface area (Å²) in [4.78, 5) is 25.4. The maximum Gasteiger partial charge on any atom is 0.108 e. The van der Waals surface area contributed by atoms with Gasteiger partial charge in [0.1, 0.15) is 11.4 Å². The second kappa shape index (κ2) is 3.96. The van der Waals surface area contributed by atoms with Gasteiger partial charge in [0.05, 0.1) is 11.0 Å². The summed E-state index contributed by atoms with van der Waals surface area (Å²) in [5, 5.41) is 7.39. The Balaban J connectivity index is 2.36. The zero-order valence-corrected chi connectivity index (χ0v) is 9.20. The summed E-state index contributed by atoms with van der Waals surface area (Å²) in [6, 6.07) is 11.9. The molecule has 3 rings (SSSR count). The van der Waals surface area contributed by atoms with Gasteiger partial charge in [-0.3, -0.25) is 0 Å². The topological polar surface area (TPSA) is 71.8 Å². The number of rotatable bonds is 2. The van der Waals surface area contributed by atoms with Crippen molar-refractivity contribution in [1.82, 2.24) is 4.98 Å². The van der Waals surface area contributed by atoms with Crippen molar-refractivity contribution in [2.24, 2.45) is 10.4 Å². The van der Waals surface area contributed by atoms with Crippen LogP contribution in [0.1, 0.15) is 0 Å². The quantitative estimate of drug-likeness (QED) is 0.495. The molecule has 0 aliphatic carbocycles. The van der Waals surface area contributed by atoms with Crippen LogP contribution in [-0.2, 0) is 0 Å². The zero-order valence-electron chi connectivity index (χ0n) is 9.20. The fourth-order valence-corrected chi connectivity index (χ4v) is 1.93. The highest BCUT2D eigenvalue weighted by molar-refractivity contribution is 5.94. The van der Waals surface area contributed by atoms with E-state index in [1.807, 2.05) is 6.07 Å².